The maximum absolute atomic E-state index is 13.2. The second-order valence-corrected chi connectivity index (χ2v) is 18.3. The maximum Gasteiger partial charge on any atom is 0.306 e. The smallest absolute Gasteiger partial charge is 0.306 e. The first-order valence-corrected chi connectivity index (χ1v) is 26.4. The number of allylic oxidation sites excluding steroid dienone is 2. The molecular formula is C53H103NO5. The van der Waals surface area contributed by atoms with E-state index in [1.807, 2.05) is 0 Å². The minimum absolute atomic E-state index is 0.0738. The van der Waals surface area contributed by atoms with E-state index in [0.717, 1.165) is 57.8 Å². The molecule has 0 radical (unpaired) electrons. The molecule has 3 atom stereocenters. The molecule has 6 heteroatoms. The van der Waals surface area contributed by atoms with E-state index in [2.05, 4.69) is 38.2 Å². The summed E-state index contributed by atoms with van der Waals surface area (Å²) in [6, 6.07) is -0.699. The lowest BCUT2D eigenvalue weighted by Gasteiger charge is -2.24. The highest BCUT2D eigenvalue weighted by Crippen LogP contribution is 2.18. The Hall–Kier alpha value is -1.40. The lowest BCUT2D eigenvalue weighted by atomic mass is 10.0. The predicted molar refractivity (Wildman–Crippen MR) is 255 cm³/mol. The standard InChI is InChI=1S/C53H103NO5/c1-4-7-10-13-16-19-22-24-26-27-29-31-33-36-39-42-45-51(56)50(48-55)54-52(57)47-49(59-53(58)46-43-40-37-34-21-18-15-12-9-6-3)44-41-38-35-32-30-28-25-23-20-17-14-11-8-5-2/h28,30,49-51,55-56H,4-27,29,31-48H2,1-3H3,(H,54,57)/b30-28+. The summed E-state index contributed by atoms with van der Waals surface area (Å²) in [7, 11) is 0. The molecule has 0 aliphatic carbocycles. The topological polar surface area (TPSA) is 95.9 Å². The summed E-state index contributed by atoms with van der Waals surface area (Å²) in [4.78, 5) is 26.1. The van der Waals surface area contributed by atoms with E-state index in [1.165, 1.54) is 186 Å². The fourth-order valence-electron chi connectivity index (χ4n) is 8.31. The van der Waals surface area contributed by atoms with Gasteiger partial charge in [-0.05, 0) is 51.4 Å². The summed E-state index contributed by atoms with van der Waals surface area (Å²) in [6.07, 6.45) is 52.7. The van der Waals surface area contributed by atoms with Gasteiger partial charge in [0.05, 0.1) is 25.2 Å². The van der Waals surface area contributed by atoms with Crippen molar-refractivity contribution >= 4 is 11.9 Å². The van der Waals surface area contributed by atoms with Crippen LogP contribution >= 0.6 is 0 Å². The van der Waals surface area contributed by atoms with Crippen molar-refractivity contribution in [3.63, 3.8) is 0 Å². The quantitative estimate of drug-likeness (QED) is 0.0322. The molecule has 350 valence electrons. The molecule has 3 N–H and O–H groups in total. The van der Waals surface area contributed by atoms with Crippen molar-refractivity contribution in [2.45, 2.75) is 309 Å². The van der Waals surface area contributed by atoms with Crippen molar-refractivity contribution in [2.75, 3.05) is 6.61 Å². The zero-order valence-electron chi connectivity index (χ0n) is 39.9. The molecule has 0 rings (SSSR count). The molecule has 0 saturated heterocycles. The average molecular weight is 834 g/mol. The number of esters is 1. The van der Waals surface area contributed by atoms with Crippen molar-refractivity contribution in [3.05, 3.63) is 12.2 Å². The first kappa shape index (κ1) is 57.6. The first-order chi connectivity index (χ1) is 29.0. The number of rotatable bonds is 48. The molecule has 1 amide bonds. The van der Waals surface area contributed by atoms with Gasteiger partial charge in [-0.15, -0.1) is 0 Å². The lowest BCUT2D eigenvalue weighted by molar-refractivity contribution is -0.151. The van der Waals surface area contributed by atoms with Crippen LogP contribution in [0.1, 0.15) is 290 Å². The molecule has 0 saturated carbocycles. The maximum atomic E-state index is 13.2. The fourth-order valence-corrected chi connectivity index (χ4v) is 8.31. The number of carbonyl (C=O) groups excluding carboxylic acids is 2. The van der Waals surface area contributed by atoms with Gasteiger partial charge in [0.25, 0.3) is 0 Å². The summed E-state index contributed by atoms with van der Waals surface area (Å²) >= 11 is 0. The van der Waals surface area contributed by atoms with Crippen molar-refractivity contribution < 1.29 is 24.5 Å². The average Bonchev–Trinajstić information content (AvgIpc) is 3.23. The van der Waals surface area contributed by atoms with Crippen molar-refractivity contribution in [1.29, 1.82) is 0 Å². The number of aliphatic hydroxyl groups is 2. The molecule has 59 heavy (non-hydrogen) atoms. The summed E-state index contributed by atoms with van der Waals surface area (Å²) in [5, 5.41) is 23.8. The molecule has 0 aliphatic heterocycles. The predicted octanol–water partition coefficient (Wildman–Crippen LogP) is 15.7. The number of hydrogen-bond acceptors (Lipinski definition) is 5. The van der Waals surface area contributed by atoms with Gasteiger partial charge in [-0.25, -0.2) is 0 Å². The third-order valence-electron chi connectivity index (χ3n) is 12.3. The zero-order chi connectivity index (χ0) is 43.1. The second kappa shape index (κ2) is 47.6. The van der Waals surface area contributed by atoms with Gasteiger partial charge in [-0.1, -0.05) is 238 Å². The van der Waals surface area contributed by atoms with Gasteiger partial charge in [0.1, 0.15) is 6.10 Å². The molecule has 6 nitrogen and oxygen atoms in total. The zero-order valence-corrected chi connectivity index (χ0v) is 39.9. The summed E-state index contributed by atoms with van der Waals surface area (Å²) in [5.74, 6) is -0.474. The Balaban J connectivity index is 4.49. The first-order valence-electron chi connectivity index (χ1n) is 26.4. The molecule has 0 bridgehead atoms. The highest BCUT2D eigenvalue weighted by Gasteiger charge is 2.24. The second-order valence-electron chi connectivity index (χ2n) is 18.3. The van der Waals surface area contributed by atoms with Gasteiger partial charge in [0.2, 0.25) is 5.91 Å². The van der Waals surface area contributed by atoms with E-state index in [1.54, 1.807) is 0 Å². The Morgan fingerprint density at radius 2 is 0.814 bits per heavy atom. The summed E-state index contributed by atoms with van der Waals surface area (Å²) < 4.78 is 5.92. The minimum atomic E-state index is -0.785. The van der Waals surface area contributed by atoms with Gasteiger partial charge in [-0.2, -0.15) is 0 Å². The highest BCUT2D eigenvalue weighted by molar-refractivity contribution is 5.77. The van der Waals surface area contributed by atoms with Crippen LogP contribution in [-0.2, 0) is 14.3 Å². The lowest BCUT2D eigenvalue weighted by Crippen LogP contribution is -2.46. The van der Waals surface area contributed by atoms with Gasteiger partial charge in [0.15, 0.2) is 0 Å². The molecule has 3 unspecified atom stereocenters. The van der Waals surface area contributed by atoms with Gasteiger partial charge < -0.3 is 20.3 Å². The van der Waals surface area contributed by atoms with Gasteiger partial charge >= 0.3 is 5.97 Å². The third-order valence-corrected chi connectivity index (χ3v) is 12.3. The van der Waals surface area contributed by atoms with Crippen LogP contribution in [0, 0.1) is 0 Å². The van der Waals surface area contributed by atoms with Crippen molar-refractivity contribution in [2.24, 2.45) is 0 Å². The van der Waals surface area contributed by atoms with Crippen LogP contribution in [-0.4, -0.2) is 46.9 Å². The number of unbranched alkanes of at least 4 members (excludes halogenated alkanes) is 34. The molecule has 0 aromatic rings. The number of carbonyl (C=O) groups is 2. The van der Waals surface area contributed by atoms with Crippen molar-refractivity contribution in [1.82, 2.24) is 5.32 Å². The summed E-state index contributed by atoms with van der Waals surface area (Å²) in [6.45, 7) is 6.49. The normalized spacial score (nSPS) is 13.2. The van der Waals surface area contributed by atoms with E-state index in [9.17, 15) is 19.8 Å². The molecule has 0 fully saturated rings. The largest absolute Gasteiger partial charge is 0.462 e. The monoisotopic (exact) mass is 834 g/mol. The molecule has 0 aromatic carbocycles. The minimum Gasteiger partial charge on any atom is -0.462 e. The van der Waals surface area contributed by atoms with E-state index in [0.29, 0.717) is 19.3 Å². The number of amides is 1. The SMILES string of the molecule is CCCCCCCCC/C=C/CCCCCC(CC(=O)NC(CO)C(O)CCCCCCCCCCCCCCCCCC)OC(=O)CCCCCCCCCCCC. The number of nitrogens with one attached hydrogen (secondary N) is 1. The summed E-state index contributed by atoms with van der Waals surface area (Å²) in [5.41, 5.74) is 0. The highest BCUT2D eigenvalue weighted by atomic mass is 16.5. The molecular weight excluding hydrogens is 731 g/mol. The Kier molecular flexibility index (Phi) is 46.5. The van der Waals surface area contributed by atoms with Crippen LogP contribution in [0.25, 0.3) is 0 Å². The molecule has 0 aliphatic rings. The fraction of sp³-hybridized carbons (Fsp3) is 0.925. The van der Waals surface area contributed by atoms with Crippen molar-refractivity contribution in [3.8, 4) is 0 Å². The van der Waals surface area contributed by atoms with Gasteiger partial charge in [0, 0.05) is 6.42 Å². The van der Waals surface area contributed by atoms with E-state index in [4.69, 9.17) is 4.74 Å². The van der Waals surface area contributed by atoms with Crippen LogP contribution in [0.15, 0.2) is 12.2 Å². The third kappa shape index (κ3) is 43.1. The number of ether oxygens (including phenoxy) is 1. The van der Waals surface area contributed by atoms with Crippen LogP contribution in [0.4, 0.5) is 0 Å². The molecule has 0 aromatic heterocycles. The molecule has 0 spiro atoms. The van der Waals surface area contributed by atoms with E-state index < -0.39 is 18.2 Å². The molecule has 0 heterocycles. The Morgan fingerprint density at radius 1 is 0.475 bits per heavy atom. The number of aliphatic hydroxyl groups excluding tert-OH is 2. The van der Waals surface area contributed by atoms with Crippen LogP contribution < -0.4 is 5.32 Å². The van der Waals surface area contributed by atoms with E-state index in [-0.39, 0.29) is 24.9 Å². The van der Waals surface area contributed by atoms with Gasteiger partial charge in [-0.3, -0.25) is 9.59 Å². The van der Waals surface area contributed by atoms with E-state index >= 15 is 0 Å². The Morgan fingerprint density at radius 3 is 1.22 bits per heavy atom. The van der Waals surface area contributed by atoms with Crippen LogP contribution in [0.3, 0.4) is 0 Å². The Bertz CT molecular complexity index is 893. The Labute approximate surface area is 368 Å². The number of hydrogen-bond donors (Lipinski definition) is 3. The van der Waals surface area contributed by atoms with Crippen LogP contribution in [0.5, 0.6) is 0 Å². The van der Waals surface area contributed by atoms with Crippen LogP contribution in [0.2, 0.25) is 0 Å².